The number of amides is 1. The van der Waals surface area contributed by atoms with E-state index in [-0.39, 0.29) is 41.1 Å². The van der Waals surface area contributed by atoms with E-state index in [1.165, 1.54) is 18.7 Å². The van der Waals surface area contributed by atoms with Crippen LogP contribution in [0.25, 0.3) is 0 Å². The summed E-state index contributed by atoms with van der Waals surface area (Å²) in [6, 6.07) is 10.5. The lowest BCUT2D eigenvalue weighted by Gasteiger charge is -2.43. The summed E-state index contributed by atoms with van der Waals surface area (Å²) in [6.45, 7) is 15.3. The first-order valence-electron chi connectivity index (χ1n) is 14.2. The van der Waals surface area contributed by atoms with Crippen LogP contribution in [0.3, 0.4) is 0 Å². The topological polar surface area (TPSA) is 53.1 Å². The van der Waals surface area contributed by atoms with Crippen LogP contribution in [-0.2, 0) is 20.7 Å². The molecule has 2 aromatic rings. The largest absolute Gasteiger partial charge is 0.468 e. The lowest BCUT2D eigenvalue weighted by molar-refractivity contribution is -0.150. The highest BCUT2D eigenvalue weighted by atomic mass is 35.5. The lowest BCUT2D eigenvalue weighted by atomic mass is 9.87. The maximum atomic E-state index is 15.1. The van der Waals surface area contributed by atoms with Crippen LogP contribution in [0, 0.1) is 25.6 Å². The van der Waals surface area contributed by atoms with Crippen LogP contribution in [-0.4, -0.2) is 84.0 Å². The third-order valence-electron chi connectivity index (χ3n) is 8.72. The maximum Gasteiger partial charge on any atom is 0.323 e. The molecule has 0 N–H and O–H groups in total. The Morgan fingerprint density at radius 3 is 2.40 bits per heavy atom. The molecule has 218 valence electrons. The molecule has 2 aromatic carbocycles. The Morgan fingerprint density at radius 1 is 1.07 bits per heavy atom. The van der Waals surface area contributed by atoms with Crippen molar-refractivity contribution in [1.29, 1.82) is 0 Å². The number of benzene rings is 2. The number of rotatable bonds is 6. The molecule has 2 heterocycles. The van der Waals surface area contributed by atoms with E-state index in [4.69, 9.17) is 16.3 Å². The molecule has 0 spiro atoms. The summed E-state index contributed by atoms with van der Waals surface area (Å²) in [5.41, 5.74) is 3.85. The van der Waals surface area contributed by atoms with Crippen LogP contribution in [0.15, 0.2) is 36.4 Å². The molecule has 4 rings (SSSR count). The van der Waals surface area contributed by atoms with Crippen LogP contribution in [0.1, 0.15) is 55.9 Å². The van der Waals surface area contributed by atoms with Gasteiger partial charge in [0.1, 0.15) is 11.9 Å². The highest BCUT2D eigenvalue weighted by Crippen LogP contribution is 2.39. The molecule has 40 heavy (non-hydrogen) atoms. The van der Waals surface area contributed by atoms with Crippen LogP contribution in [0.4, 0.5) is 4.39 Å². The predicted octanol–water partition coefficient (Wildman–Crippen LogP) is 5.23. The highest BCUT2D eigenvalue weighted by molar-refractivity contribution is 6.30. The minimum absolute atomic E-state index is 0.0437. The van der Waals surface area contributed by atoms with E-state index in [2.05, 4.69) is 62.6 Å². The molecule has 0 unspecified atom stereocenters. The van der Waals surface area contributed by atoms with Crippen molar-refractivity contribution in [1.82, 2.24) is 14.7 Å². The zero-order chi connectivity index (χ0) is 29.4. The molecular formula is C32H43ClFN3O3. The Balaban J connectivity index is 1.53. The van der Waals surface area contributed by atoms with Gasteiger partial charge in [-0.3, -0.25) is 19.4 Å². The van der Waals surface area contributed by atoms with Gasteiger partial charge in [-0.25, -0.2) is 4.39 Å². The van der Waals surface area contributed by atoms with Gasteiger partial charge in [0.2, 0.25) is 5.91 Å². The smallest absolute Gasteiger partial charge is 0.323 e. The molecule has 0 bridgehead atoms. The minimum atomic E-state index is -0.426. The van der Waals surface area contributed by atoms with E-state index >= 15 is 4.39 Å². The minimum Gasteiger partial charge on any atom is -0.468 e. The quantitative estimate of drug-likeness (QED) is 0.445. The number of nitrogens with zero attached hydrogens (tertiary/aromatic N) is 3. The fraction of sp³-hybridized carbons (Fsp3) is 0.562. The summed E-state index contributed by atoms with van der Waals surface area (Å²) in [5, 5.41) is 0.348. The summed E-state index contributed by atoms with van der Waals surface area (Å²) < 4.78 is 20.3. The summed E-state index contributed by atoms with van der Waals surface area (Å²) in [6.07, 6.45) is 0.556. The van der Waals surface area contributed by atoms with Crippen LogP contribution in [0.5, 0.6) is 0 Å². The van der Waals surface area contributed by atoms with Gasteiger partial charge in [0.15, 0.2) is 0 Å². The van der Waals surface area contributed by atoms with Gasteiger partial charge in [-0.1, -0.05) is 41.4 Å². The molecule has 0 radical (unpaired) electrons. The van der Waals surface area contributed by atoms with Crippen LogP contribution in [0.2, 0.25) is 5.02 Å². The van der Waals surface area contributed by atoms with E-state index in [0.717, 1.165) is 11.1 Å². The molecule has 2 fully saturated rings. The summed E-state index contributed by atoms with van der Waals surface area (Å²) in [4.78, 5) is 33.4. The standard InChI is InChI=1S/C32H43ClFN3O3/c1-20-8-9-23(21(2)14-20)15-29(31(39)40-7)35-12-13-37(22(3)17-35)30(38)27-19-36(32(4,5)6)18-26(27)25-11-10-24(33)16-28(25)34/h8-11,14,16,22,26-27,29H,12-13,15,17-19H2,1-7H3/t22-,26-,27+,29-/m0/s1. The number of carbonyl (C=O) groups is 2. The second-order valence-electron chi connectivity index (χ2n) is 12.5. The van der Waals surface area contributed by atoms with Crippen molar-refractivity contribution in [2.45, 2.75) is 71.5 Å². The molecule has 0 aliphatic carbocycles. The van der Waals surface area contributed by atoms with Crippen LogP contribution >= 0.6 is 11.6 Å². The number of hydrogen-bond acceptors (Lipinski definition) is 5. The zero-order valence-electron chi connectivity index (χ0n) is 24.8. The third kappa shape index (κ3) is 6.53. The third-order valence-corrected chi connectivity index (χ3v) is 8.95. The first-order chi connectivity index (χ1) is 18.8. The Bertz CT molecular complexity index is 1250. The number of methoxy groups -OCH3 is 1. The Kier molecular flexibility index (Phi) is 9.28. The normalized spacial score (nSPS) is 23.3. The average Bonchev–Trinajstić information content (AvgIpc) is 3.33. The van der Waals surface area contributed by atoms with Gasteiger partial charge in [-0.2, -0.15) is 0 Å². The number of likely N-dealkylation sites (tertiary alicyclic amines) is 1. The van der Waals surface area contributed by atoms with E-state index in [0.29, 0.717) is 49.7 Å². The van der Waals surface area contributed by atoms with E-state index < -0.39 is 6.04 Å². The second-order valence-corrected chi connectivity index (χ2v) is 12.9. The molecule has 2 saturated heterocycles. The van der Waals surface area contributed by atoms with E-state index in [1.807, 2.05) is 11.8 Å². The van der Waals surface area contributed by atoms with Crippen LogP contribution < -0.4 is 0 Å². The molecule has 6 nitrogen and oxygen atoms in total. The Morgan fingerprint density at radius 2 is 1.80 bits per heavy atom. The van der Waals surface area contributed by atoms with E-state index in [1.54, 1.807) is 12.1 Å². The van der Waals surface area contributed by atoms with Crippen molar-refractivity contribution in [3.8, 4) is 0 Å². The van der Waals surface area contributed by atoms with Crippen molar-refractivity contribution in [2.75, 3.05) is 39.8 Å². The van der Waals surface area contributed by atoms with Crippen molar-refractivity contribution in [2.24, 2.45) is 5.92 Å². The number of ether oxygens (including phenoxy) is 1. The number of esters is 1. The molecule has 8 heteroatoms. The number of hydrogen-bond donors (Lipinski definition) is 0. The van der Waals surface area contributed by atoms with Gasteiger partial charge in [-0.15, -0.1) is 0 Å². The first kappa shape index (κ1) is 30.5. The number of halogens is 2. The molecular weight excluding hydrogens is 529 g/mol. The maximum absolute atomic E-state index is 15.1. The average molecular weight is 572 g/mol. The van der Waals surface area contributed by atoms with Gasteiger partial charge in [-0.05, 0) is 76.8 Å². The van der Waals surface area contributed by atoms with Crippen molar-refractivity contribution < 1.29 is 18.7 Å². The van der Waals surface area contributed by atoms with Crippen molar-refractivity contribution >= 4 is 23.5 Å². The molecule has 0 saturated carbocycles. The van der Waals surface area contributed by atoms with Gasteiger partial charge >= 0.3 is 5.97 Å². The van der Waals surface area contributed by atoms with E-state index in [9.17, 15) is 9.59 Å². The molecule has 4 atom stereocenters. The predicted molar refractivity (Wildman–Crippen MR) is 157 cm³/mol. The number of piperazine rings is 1. The highest BCUT2D eigenvalue weighted by Gasteiger charge is 2.46. The second kappa shape index (κ2) is 12.2. The lowest BCUT2D eigenvalue weighted by Crippen LogP contribution is -2.59. The number of carbonyl (C=O) groups excluding carboxylic acids is 2. The molecule has 2 aliphatic heterocycles. The Labute approximate surface area is 243 Å². The fourth-order valence-electron chi connectivity index (χ4n) is 6.31. The Hall–Kier alpha value is -2.48. The van der Waals surface area contributed by atoms with Gasteiger partial charge < -0.3 is 9.64 Å². The fourth-order valence-corrected chi connectivity index (χ4v) is 6.47. The van der Waals surface area contributed by atoms with Crippen molar-refractivity contribution in [3.63, 3.8) is 0 Å². The summed E-state index contributed by atoms with van der Waals surface area (Å²) in [7, 11) is 1.43. The SMILES string of the molecule is COC(=O)[C@H](Cc1ccc(C)cc1C)N1CCN(C(=O)[C@@H]2CN(C(C)(C)C)C[C@H]2c2ccc(Cl)cc2F)[C@@H](C)C1. The summed E-state index contributed by atoms with van der Waals surface area (Å²) >= 11 is 6.04. The zero-order valence-corrected chi connectivity index (χ0v) is 25.6. The molecule has 0 aromatic heterocycles. The first-order valence-corrected chi connectivity index (χ1v) is 14.6. The van der Waals surface area contributed by atoms with Gasteiger partial charge in [0.05, 0.1) is 13.0 Å². The summed E-state index contributed by atoms with van der Waals surface area (Å²) in [5.74, 6) is -1.21. The monoisotopic (exact) mass is 571 g/mol. The van der Waals surface area contributed by atoms with Gasteiger partial charge in [0.25, 0.3) is 0 Å². The van der Waals surface area contributed by atoms with Gasteiger partial charge in [0, 0.05) is 55.2 Å². The molecule has 2 aliphatic rings. The molecule has 1 amide bonds. The van der Waals surface area contributed by atoms with Crippen molar-refractivity contribution in [3.05, 3.63) is 69.5 Å². The number of aryl methyl sites for hydroxylation is 2.